The van der Waals surface area contributed by atoms with Crippen molar-refractivity contribution in [3.05, 3.63) is 0 Å². The van der Waals surface area contributed by atoms with Crippen molar-refractivity contribution in [2.75, 3.05) is 0 Å². The molecular weight excluding hydrogens is 264 g/mol. The number of hydrogen-bond donors (Lipinski definition) is 1. The minimum atomic E-state index is -0.659. The standard InChI is InChI=1S/C12H24O2.C6H12O/c1-2-3-4-5-6-7-8-9-10-11-12(13)14;1-5(2)4-6(3)7/h2-11H2,1H3,(H,13,14);5H,4H2,1-3H3. The Labute approximate surface area is 131 Å². The number of carboxylic acid groups (broad SMARTS) is 1. The van der Waals surface area contributed by atoms with Crippen molar-refractivity contribution in [1.29, 1.82) is 0 Å². The first-order chi connectivity index (χ1) is 9.90. The van der Waals surface area contributed by atoms with Crippen LogP contribution in [0.25, 0.3) is 0 Å². The van der Waals surface area contributed by atoms with E-state index in [1.54, 1.807) is 6.92 Å². The fraction of sp³-hybridized carbons (Fsp3) is 0.889. The molecule has 0 atom stereocenters. The van der Waals surface area contributed by atoms with E-state index in [-0.39, 0.29) is 5.78 Å². The number of aliphatic carboxylic acids is 1. The normalized spacial score (nSPS) is 10.1. The second-order valence-electron chi connectivity index (χ2n) is 6.27. The second kappa shape index (κ2) is 17.2. The molecule has 0 radical (unpaired) electrons. The summed E-state index contributed by atoms with van der Waals surface area (Å²) in [6.07, 6.45) is 12.2. The fourth-order valence-corrected chi connectivity index (χ4v) is 2.16. The number of carboxylic acids is 1. The summed E-state index contributed by atoms with van der Waals surface area (Å²) in [5.41, 5.74) is 0. The van der Waals surface area contributed by atoms with Gasteiger partial charge < -0.3 is 9.90 Å². The molecule has 21 heavy (non-hydrogen) atoms. The lowest BCUT2D eigenvalue weighted by Gasteiger charge is -2.00. The van der Waals surface area contributed by atoms with Gasteiger partial charge in [0, 0.05) is 12.8 Å². The quantitative estimate of drug-likeness (QED) is 0.476. The first kappa shape index (κ1) is 22.4. The van der Waals surface area contributed by atoms with Crippen LogP contribution in [0.5, 0.6) is 0 Å². The van der Waals surface area contributed by atoms with Gasteiger partial charge in [-0.2, -0.15) is 0 Å². The molecule has 0 unspecified atom stereocenters. The van der Waals surface area contributed by atoms with Gasteiger partial charge in [-0.3, -0.25) is 4.79 Å². The van der Waals surface area contributed by atoms with Crippen molar-refractivity contribution in [2.24, 2.45) is 5.92 Å². The zero-order valence-corrected chi connectivity index (χ0v) is 14.6. The fourth-order valence-electron chi connectivity index (χ4n) is 2.16. The Kier molecular flexibility index (Phi) is 18.4. The Bertz CT molecular complexity index is 247. The van der Waals surface area contributed by atoms with E-state index in [9.17, 15) is 9.59 Å². The lowest BCUT2D eigenvalue weighted by Crippen LogP contribution is -1.95. The average molecular weight is 300 g/mol. The first-order valence-corrected chi connectivity index (χ1v) is 8.61. The number of rotatable bonds is 12. The van der Waals surface area contributed by atoms with Gasteiger partial charge in [0.15, 0.2) is 0 Å². The smallest absolute Gasteiger partial charge is 0.303 e. The summed E-state index contributed by atoms with van der Waals surface area (Å²) in [7, 11) is 0. The highest BCUT2D eigenvalue weighted by Crippen LogP contribution is 2.10. The van der Waals surface area contributed by atoms with Gasteiger partial charge in [0.05, 0.1) is 0 Å². The van der Waals surface area contributed by atoms with E-state index in [2.05, 4.69) is 6.92 Å². The number of carbonyl (C=O) groups is 2. The molecule has 0 bridgehead atoms. The van der Waals surface area contributed by atoms with Crippen molar-refractivity contribution in [2.45, 2.75) is 98.3 Å². The molecule has 0 aliphatic rings. The molecule has 0 aliphatic heterocycles. The van der Waals surface area contributed by atoms with Crippen LogP contribution in [-0.4, -0.2) is 16.9 Å². The SMILES string of the molecule is CC(=O)CC(C)C.CCCCCCCCCCCC(=O)O. The van der Waals surface area contributed by atoms with E-state index in [1.807, 2.05) is 13.8 Å². The van der Waals surface area contributed by atoms with E-state index >= 15 is 0 Å². The molecule has 0 aromatic carbocycles. The van der Waals surface area contributed by atoms with Gasteiger partial charge in [0.2, 0.25) is 0 Å². The second-order valence-corrected chi connectivity index (χ2v) is 6.27. The van der Waals surface area contributed by atoms with Gasteiger partial charge in [0.1, 0.15) is 5.78 Å². The van der Waals surface area contributed by atoms with Crippen LogP contribution in [0, 0.1) is 5.92 Å². The number of unbranched alkanes of at least 4 members (excludes halogenated alkanes) is 8. The molecule has 1 N–H and O–H groups in total. The number of hydrogen-bond acceptors (Lipinski definition) is 2. The van der Waals surface area contributed by atoms with Crippen molar-refractivity contribution in [3.8, 4) is 0 Å². The zero-order valence-electron chi connectivity index (χ0n) is 14.6. The Hall–Kier alpha value is -0.860. The van der Waals surface area contributed by atoms with E-state index in [1.165, 1.54) is 44.9 Å². The van der Waals surface area contributed by atoms with Crippen LogP contribution in [0.1, 0.15) is 98.3 Å². The maximum atomic E-state index is 10.3. The van der Waals surface area contributed by atoms with Crippen LogP contribution in [-0.2, 0) is 9.59 Å². The number of ketones is 1. The average Bonchev–Trinajstić information content (AvgIpc) is 2.35. The molecule has 0 aromatic rings. The van der Waals surface area contributed by atoms with Crippen molar-refractivity contribution in [1.82, 2.24) is 0 Å². The summed E-state index contributed by atoms with van der Waals surface area (Å²) in [4.78, 5) is 20.5. The van der Waals surface area contributed by atoms with E-state index < -0.39 is 5.97 Å². The molecule has 0 fully saturated rings. The maximum Gasteiger partial charge on any atom is 0.303 e. The minimum Gasteiger partial charge on any atom is -0.481 e. The lowest BCUT2D eigenvalue weighted by molar-refractivity contribution is -0.137. The van der Waals surface area contributed by atoms with Crippen LogP contribution in [0.4, 0.5) is 0 Å². The van der Waals surface area contributed by atoms with Crippen molar-refractivity contribution >= 4 is 11.8 Å². The molecule has 0 saturated heterocycles. The third-order valence-corrected chi connectivity index (χ3v) is 3.19. The third-order valence-electron chi connectivity index (χ3n) is 3.19. The van der Waals surface area contributed by atoms with Gasteiger partial charge in [-0.05, 0) is 19.3 Å². The van der Waals surface area contributed by atoms with E-state index in [4.69, 9.17) is 5.11 Å². The molecule has 3 nitrogen and oxygen atoms in total. The van der Waals surface area contributed by atoms with Crippen LogP contribution in [0.15, 0.2) is 0 Å². The summed E-state index contributed by atoms with van der Waals surface area (Å²) >= 11 is 0. The van der Waals surface area contributed by atoms with Gasteiger partial charge in [-0.25, -0.2) is 0 Å². The molecule has 0 spiro atoms. The summed E-state index contributed by atoms with van der Waals surface area (Å²) in [5, 5.41) is 8.41. The largest absolute Gasteiger partial charge is 0.481 e. The third kappa shape index (κ3) is 28.1. The molecular formula is C18H36O3. The van der Waals surface area contributed by atoms with Gasteiger partial charge >= 0.3 is 5.97 Å². The highest BCUT2D eigenvalue weighted by molar-refractivity contribution is 5.75. The van der Waals surface area contributed by atoms with Crippen LogP contribution in [0.2, 0.25) is 0 Å². The molecule has 0 saturated carbocycles. The summed E-state index contributed by atoms with van der Waals surface area (Å²) in [6, 6.07) is 0. The summed E-state index contributed by atoms with van der Waals surface area (Å²) in [5.74, 6) is 0.153. The van der Waals surface area contributed by atoms with Gasteiger partial charge in [0.25, 0.3) is 0 Å². The Morgan fingerprint density at radius 2 is 1.29 bits per heavy atom. The molecule has 0 aromatic heterocycles. The van der Waals surface area contributed by atoms with Gasteiger partial charge in [-0.15, -0.1) is 0 Å². The highest BCUT2D eigenvalue weighted by Gasteiger charge is 1.96. The predicted octanol–water partition coefficient (Wildman–Crippen LogP) is 5.61. The molecule has 0 amide bonds. The highest BCUT2D eigenvalue weighted by atomic mass is 16.4. The topological polar surface area (TPSA) is 54.4 Å². The van der Waals surface area contributed by atoms with Crippen LogP contribution >= 0.6 is 0 Å². The van der Waals surface area contributed by atoms with Crippen molar-refractivity contribution in [3.63, 3.8) is 0 Å². The van der Waals surface area contributed by atoms with E-state index in [0.717, 1.165) is 19.3 Å². The van der Waals surface area contributed by atoms with Gasteiger partial charge in [-0.1, -0.05) is 72.1 Å². The number of Topliss-reactive ketones (excluding diaryl/α,β-unsaturated/α-hetero) is 1. The first-order valence-electron chi connectivity index (χ1n) is 8.61. The zero-order chi connectivity index (χ0) is 16.5. The Balaban J connectivity index is 0. The molecule has 126 valence electrons. The molecule has 0 rings (SSSR count). The van der Waals surface area contributed by atoms with Crippen molar-refractivity contribution < 1.29 is 14.7 Å². The molecule has 3 heteroatoms. The Morgan fingerprint density at radius 1 is 0.857 bits per heavy atom. The lowest BCUT2D eigenvalue weighted by atomic mass is 10.1. The van der Waals surface area contributed by atoms with Crippen LogP contribution in [0.3, 0.4) is 0 Å². The number of carbonyl (C=O) groups excluding carboxylic acids is 1. The van der Waals surface area contributed by atoms with E-state index in [0.29, 0.717) is 12.3 Å². The summed E-state index contributed by atoms with van der Waals surface area (Å²) < 4.78 is 0. The molecule has 0 heterocycles. The molecule has 0 aliphatic carbocycles. The summed E-state index contributed by atoms with van der Waals surface area (Å²) in [6.45, 7) is 7.94. The van der Waals surface area contributed by atoms with Crippen LogP contribution < -0.4 is 0 Å². The predicted molar refractivity (Wildman–Crippen MR) is 89.6 cm³/mol. The monoisotopic (exact) mass is 300 g/mol. The minimum absolute atomic E-state index is 0.287. The maximum absolute atomic E-state index is 10.3. The Morgan fingerprint density at radius 3 is 1.57 bits per heavy atom.